The predicted octanol–water partition coefficient (Wildman–Crippen LogP) is 3.06. The zero-order valence-corrected chi connectivity index (χ0v) is 13.8. The maximum atomic E-state index is 11.4. The SMILES string of the molecule is COC(=O)CC1(CSCc2sccc2C#CCCO)CC1. The van der Waals surface area contributed by atoms with Gasteiger partial charge in [-0.15, -0.1) is 11.3 Å². The van der Waals surface area contributed by atoms with Gasteiger partial charge in [0.1, 0.15) is 0 Å². The highest BCUT2D eigenvalue weighted by molar-refractivity contribution is 7.98. The van der Waals surface area contributed by atoms with Gasteiger partial charge in [0.05, 0.1) is 20.1 Å². The van der Waals surface area contributed by atoms with Crippen molar-refractivity contribution in [1.29, 1.82) is 0 Å². The number of ether oxygens (including phenoxy) is 1. The van der Waals surface area contributed by atoms with Gasteiger partial charge in [0, 0.05) is 22.6 Å². The number of rotatable bonds is 7. The minimum Gasteiger partial charge on any atom is -0.469 e. The molecule has 0 saturated heterocycles. The molecule has 0 aromatic carbocycles. The topological polar surface area (TPSA) is 46.5 Å². The van der Waals surface area contributed by atoms with E-state index in [2.05, 4.69) is 17.2 Å². The van der Waals surface area contributed by atoms with Crippen LogP contribution in [0.5, 0.6) is 0 Å². The number of esters is 1. The van der Waals surface area contributed by atoms with Gasteiger partial charge in [0.25, 0.3) is 0 Å². The molecule has 114 valence electrons. The number of aliphatic hydroxyl groups is 1. The fraction of sp³-hybridized carbons (Fsp3) is 0.562. The van der Waals surface area contributed by atoms with Crippen molar-refractivity contribution < 1.29 is 14.6 Å². The summed E-state index contributed by atoms with van der Waals surface area (Å²) in [6.45, 7) is 0.108. The van der Waals surface area contributed by atoms with Gasteiger partial charge in [-0.3, -0.25) is 4.79 Å². The standard InChI is InChI=1S/C16H20O3S2/c1-19-15(18)10-16(6-7-16)12-20-11-14-13(5-9-21-14)4-2-3-8-17/h5,9,17H,3,6-8,10-12H2,1H3. The molecule has 1 aromatic heterocycles. The van der Waals surface area contributed by atoms with E-state index in [9.17, 15) is 4.79 Å². The second-order valence-corrected chi connectivity index (χ2v) is 7.26. The second kappa shape index (κ2) is 7.88. The molecule has 0 spiro atoms. The van der Waals surface area contributed by atoms with E-state index in [0.29, 0.717) is 12.8 Å². The van der Waals surface area contributed by atoms with Crippen molar-refractivity contribution in [1.82, 2.24) is 0 Å². The minimum atomic E-state index is -0.0974. The van der Waals surface area contributed by atoms with Crippen molar-refractivity contribution in [2.45, 2.75) is 31.4 Å². The summed E-state index contributed by atoms with van der Waals surface area (Å²) in [4.78, 5) is 12.7. The van der Waals surface area contributed by atoms with Crippen LogP contribution in [0.4, 0.5) is 0 Å². The van der Waals surface area contributed by atoms with E-state index in [1.54, 1.807) is 11.3 Å². The highest BCUT2D eigenvalue weighted by Gasteiger charge is 2.44. The number of methoxy groups -OCH3 is 1. The number of thioether (sulfide) groups is 1. The summed E-state index contributed by atoms with van der Waals surface area (Å²) >= 11 is 3.59. The van der Waals surface area contributed by atoms with Gasteiger partial charge < -0.3 is 9.84 Å². The summed E-state index contributed by atoms with van der Waals surface area (Å²) in [5.74, 6) is 7.92. The molecule has 0 bridgehead atoms. The zero-order chi connectivity index (χ0) is 15.1. The Morgan fingerprint density at radius 2 is 2.38 bits per heavy atom. The molecule has 0 amide bonds. The summed E-state index contributed by atoms with van der Waals surface area (Å²) in [6, 6.07) is 2.03. The van der Waals surface area contributed by atoms with Crippen LogP contribution in [0.25, 0.3) is 0 Å². The normalized spacial score (nSPS) is 15.1. The van der Waals surface area contributed by atoms with Gasteiger partial charge in [-0.25, -0.2) is 0 Å². The highest BCUT2D eigenvalue weighted by atomic mass is 32.2. The van der Waals surface area contributed by atoms with E-state index in [0.717, 1.165) is 29.9 Å². The lowest BCUT2D eigenvalue weighted by atomic mass is 10.1. The van der Waals surface area contributed by atoms with Gasteiger partial charge in [0.15, 0.2) is 0 Å². The average Bonchev–Trinajstić information content (AvgIpc) is 3.09. The van der Waals surface area contributed by atoms with Crippen LogP contribution in [0.3, 0.4) is 0 Å². The Balaban J connectivity index is 1.81. The lowest BCUT2D eigenvalue weighted by molar-refractivity contribution is -0.141. The van der Waals surface area contributed by atoms with Crippen molar-refractivity contribution in [3.05, 3.63) is 21.9 Å². The molecule has 0 radical (unpaired) electrons. The van der Waals surface area contributed by atoms with Gasteiger partial charge in [-0.1, -0.05) is 11.8 Å². The minimum absolute atomic E-state index is 0.0974. The van der Waals surface area contributed by atoms with Crippen LogP contribution in [0.1, 0.15) is 36.1 Å². The molecular weight excluding hydrogens is 304 g/mol. The van der Waals surface area contributed by atoms with E-state index in [-0.39, 0.29) is 18.0 Å². The Morgan fingerprint density at radius 3 is 3.05 bits per heavy atom. The van der Waals surface area contributed by atoms with E-state index in [1.165, 1.54) is 12.0 Å². The van der Waals surface area contributed by atoms with Crippen LogP contribution in [-0.2, 0) is 15.3 Å². The Bertz CT molecular complexity index is 535. The largest absolute Gasteiger partial charge is 0.469 e. The maximum Gasteiger partial charge on any atom is 0.306 e. The molecule has 1 aromatic rings. The predicted molar refractivity (Wildman–Crippen MR) is 87.4 cm³/mol. The highest BCUT2D eigenvalue weighted by Crippen LogP contribution is 2.51. The van der Waals surface area contributed by atoms with Crippen LogP contribution < -0.4 is 0 Å². The van der Waals surface area contributed by atoms with Gasteiger partial charge in [0.2, 0.25) is 0 Å². The van der Waals surface area contributed by atoms with Crippen LogP contribution in [0.15, 0.2) is 11.4 Å². The van der Waals surface area contributed by atoms with E-state index in [4.69, 9.17) is 9.84 Å². The molecule has 2 rings (SSSR count). The average molecular weight is 324 g/mol. The number of carbonyl (C=O) groups is 1. The Hall–Kier alpha value is -0.960. The van der Waals surface area contributed by atoms with Crippen LogP contribution >= 0.6 is 23.1 Å². The first-order valence-electron chi connectivity index (χ1n) is 7.00. The van der Waals surface area contributed by atoms with Gasteiger partial charge >= 0.3 is 5.97 Å². The second-order valence-electron chi connectivity index (χ2n) is 5.28. The quantitative estimate of drug-likeness (QED) is 0.618. The summed E-state index contributed by atoms with van der Waals surface area (Å²) in [5, 5.41) is 10.8. The number of carbonyl (C=O) groups excluding carboxylic acids is 1. The van der Waals surface area contributed by atoms with Crippen molar-refractivity contribution in [2.24, 2.45) is 5.41 Å². The maximum absolute atomic E-state index is 11.4. The molecule has 3 nitrogen and oxygen atoms in total. The van der Waals surface area contributed by atoms with Gasteiger partial charge in [-0.05, 0) is 35.5 Å². The van der Waals surface area contributed by atoms with Crippen LogP contribution in [0.2, 0.25) is 0 Å². The zero-order valence-electron chi connectivity index (χ0n) is 12.2. The third kappa shape index (κ3) is 5.06. The number of aliphatic hydroxyl groups excluding tert-OH is 1. The third-order valence-corrected chi connectivity index (χ3v) is 5.96. The molecule has 1 N–H and O–H groups in total. The molecular formula is C16H20O3S2. The summed E-state index contributed by atoms with van der Waals surface area (Å²) in [6.07, 6.45) is 3.32. The smallest absolute Gasteiger partial charge is 0.306 e. The number of thiophene rings is 1. The first kappa shape index (κ1) is 16.4. The molecule has 1 aliphatic carbocycles. The molecule has 5 heteroatoms. The van der Waals surface area contributed by atoms with Crippen molar-refractivity contribution in [3.8, 4) is 11.8 Å². The number of hydrogen-bond acceptors (Lipinski definition) is 5. The molecule has 0 atom stereocenters. The Morgan fingerprint density at radius 1 is 1.57 bits per heavy atom. The van der Waals surface area contributed by atoms with E-state index >= 15 is 0 Å². The van der Waals surface area contributed by atoms with Crippen molar-refractivity contribution in [2.75, 3.05) is 19.5 Å². The summed E-state index contributed by atoms with van der Waals surface area (Å²) in [5.41, 5.74) is 1.25. The molecule has 0 aliphatic heterocycles. The molecule has 1 fully saturated rings. The van der Waals surface area contributed by atoms with Crippen LogP contribution in [0, 0.1) is 17.3 Å². The van der Waals surface area contributed by atoms with E-state index in [1.807, 2.05) is 17.8 Å². The Labute approximate surface area is 134 Å². The number of hydrogen-bond donors (Lipinski definition) is 1. The lowest BCUT2D eigenvalue weighted by Gasteiger charge is -2.12. The molecule has 1 heterocycles. The Kier molecular flexibility index (Phi) is 6.16. The van der Waals surface area contributed by atoms with Crippen molar-refractivity contribution in [3.63, 3.8) is 0 Å². The first-order valence-corrected chi connectivity index (χ1v) is 9.03. The lowest BCUT2D eigenvalue weighted by Crippen LogP contribution is -2.13. The summed E-state index contributed by atoms with van der Waals surface area (Å²) < 4.78 is 4.77. The monoisotopic (exact) mass is 324 g/mol. The fourth-order valence-corrected chi connectivity index (χ4v) is 4.47. The molecule has 0 unspecified atom stereocenters. The van der Waals surface area contributed by atoms with E-state index < -0.39 is 0 Å². The third-order valence-electron chi connectivity index (χ3n) is 3.55. The van der Waals surface area contributed by atoms with Crippen molar-refractivity contribution >= 4 is 29.1 Å². The van der Waals surface area contributed by atoms with Crippen LogP contribution in [-0.4, -0.2) is 30.5 Å². The molecule has 1 saturated carbocycles. The summed E-state index contributed by atoms with van der Waals surface area (Å²) in [7, 11) is 1.45. The molecule has 1 aliphatic rings. The van der Waals surface area contributed by atoms with Gasteiger partial charge in [-0.2, -0.15) is 11.8 Å². The molecule has 21 heavy (non-hydrogen) atoms. The first-order chi connectivity index (χ1) is 10.2. The fourth-order valence-electron chi connectivity index (χ4n) is 2.06.